The first-order valence-electron chi connectivity index (χ1n) is 9.67. The lowest BCUT2D eigenvalue weighted by molar-refractivity contribution is -0.510. The van der Waals surface area contributed by atoms with Crippen molar-refractivity contribution in [2.45, 2.75) is 0 Å². The highest BCUT2D eigenvalue weighted by molar-refractivity contribution is 6.30. The zero-order chi connectivity index (χ0) is 20.2. The first kappa shape index (κ1) is 19.6. The third kappa shape index (κ3) is 3.07. The molecular formula is C25H16Cl2FN3. The van der Waals surface area contributed by atoms with Gasteiger partial charge < -0.3 is 17.4 Å². The molecule has 152 valence electrons. The van der Waals surface area contributed by atoms with Crippen LogP contribution in [0.15, 0.2) is 91.4 Å². The summed E-state index contributed by atoms with van der Waals surface area (Å²) in [6, 6.07) is 24.7. The predicted octanol–water partition coefficient (Wildman–Crippen LogP) is 3.31. The maximum atomic E-state index is 13.6. The fourth-order valence-corrected chi connectivity index (χ4v) is 4.41. The molecule has 0 amide bonds. The maximum Gasteiger partial charge on any atom is 0.254 e. The number of fused-ring (bicyclic) bond motifs is 5. The number of pyridine rings is 1. The smallest absolute Gasteiger partial charge is 0.254 e. The fraction of sp³-hybridized carbons (Fsp3) is 0. The number of H-pyrrole nitrogens is 1. The summed E-state index contributed by atoms with van der Waals surface area (Å²) in [7, 11) is 0. The van der Waals surface area contributed by atoms with Crippen molar-refractivity contribution in [3.63, 3.8) is 0 Å². The van der Waals surface area contributed by atoms with Gasteiger partial charge in [-0.25, -0.2) is 4.39 Å². The number of hydrogen-bond donors (Lipinski definition) is 1. The molecule has 0 aliphatic heterocycles. The number of rotatable bonds is 2. The van der Waals surface area contributed by atoms with Crippen molar-refractivity contribution in [2.24, 2.45) is 0 Å². The van der Waals surface area contributed by atoms with E-state index in [2.05, 4.69) is 44.4 Å². The van der Waals surface area contributed by atoms with Crippen LogP contribution < -0.4 is 16.8 Å². The molecule has 0 atom stereocenters. The molecule has 0 spiro atoms. The molecule has 3 heterocycles. The lowest BCUT2D eigenvalue weighted by atomic mass is 10.1. The molecule has 3 nitrogen and oxygen atoms in total. The average molecular weight is 448 g/mol. The van der Waals surface area contributed by atoms with E-state index in [0.717, 1.165) is 38.9 Å². The average Bonchev–Trinajstić information content (AvgIpc) is 3.33. The Kier molecular flexibility index (Phi) is 4.69. The van der Waals surface area contributed by atoms with E-state index in [-0.39, 0.29) is 18.2 Å². The molecule has 3 aromatic carbocycles. The highest BCUT2D eigenvalue weighted by Crippen LogP contribution is 2.34. The first-order chi connectivity index (χ1) is 14.7. The lowest BCUT2D eigenvalue weighted by Gasteiger charge is -2.03. The Balaban J connectivity index is 0.00000204. The van der Waals surface area contributed by atoms with E-state index >= 15 is 0 Å². The molecule has 0 fully saturated rings. The van der Waals surface area contributed by atoms with Gasteiger partial charge in [-0.05, 0) is 48.5 Å². The minimum atomic E-state index is -0.259. The second-order valence-corrected chi connectivity index (χ2v) is 7.79. The van der Waals surface area contributed by atoms with Crippen molar-refractivity contribution in [3.05, 3.63) is 102 Å². The van der Waals surface area contributed by atoms with Gasteiger partial charge in [-0.1, -0.05) is 41.9 Å². The molecule has 0 radical (unpaired) electrons. The van der Waals surface area contributed by atoms with Crippen LogP contribution in [0.2, 0.25) is 5.02 Å². The number of aromatic amines is 1. The Morgan fingerprint density at radius 1 is 0.871 bits per heavy atom. The number of nitrogens with one attached hydrogen (secondary N) is 1. The molecule has 1 N–H and O–H groups in total. The second-order valence-electron chi connectivity index (χ2n) is 7.35. The summed E-state index contributed by atoms with van der Waals surface area (Å²) < 4.78 is 17.7. The number of imidazole rings is 1. The number of nitrogens with zero attached hydrogens (tertiary/aromatic N) is 2. The summed E-state index contributed by atoms with van der Waals surface area (Å²) in [5.74, 6) is -0.259. The Bertz CT molecular complexity index is 1570. The Morgan fingerprint density at radius 3 is 2.48 bits per heavy atom. The van der Waals surface area contributed by atoms with Crippen LogP contribution >= 0.6 is 11.6 Å². The number of hydrogen-bond acceptors (Lipinski definition) is 0. The van der Waals surface area contributed by atoms with Crippen LogP contribution in [0.4, 0.5) is 4.39 Å². The van der Waals surface area contributed by atoms with E-state index in [1.54, 1.807) is 12.1 Å². The molecule has 3 aromatic heterocycles. The molecule has 0 saturated heterocycles. The van der Waals surface area contributed by atoms with Crippen molar-refractivity contribution in [1.29, 1.82) is 0 Å². The van der Waals surface area contributed by atoms with Gasteiger partial charge in [0.25, 0.3) is 6.33 Å². The van der Waals surface area contributed by atoms with E-state index < -0.39 is 0 Å². The van der Waals surface area contributed by atoms with Crippen molar-refractivity contribution >= 4 is 38.9 Å². The van der Waals surface area contributed by atoms with Gasteiger partial charge in [-0.2, -0.15) is 8.97 Å². The van der Waals surface area contributed by atoms with Gasteiger partial charge in [0.2, 0.25) is 5.52 Å². The quantitative estimate of drug-likeness (QED) is 0.394. The van der Waals surface area contributed by atoms with Gasteiger partial charge in [-0.15, -0.1) is 0 Å². The molecule has 6 aromatic rings. The molecule has 0 bridgehead atoms. The number of halogens is 3. The molecule has 31 heavy (non-hydrogen) atoms. The molecule has 6 rings (SSSR count). The fourth-order valence-electron chi connectivity index (χ4n) is 4.22. The summed E-state index contributed by atoms with van der Waals surface area (Å²) in [6.07, 6.45) is 4.08. The molecular weight excluding hydrogens is 432 g/mol. The Labute approximate surface area is 188 Å². The summed E-state index contributed by atoms with van der Waals surface area (Å²) in [5, 5.41) is 3.01. The van der Waals surface area contributed by atoms with Gasteiger partial charge in [0.15, 0.2) is 5.69 Å². The second kappa shape index (κ2) is 7.41. The molecule has 6 heteroatoms. The summed E-state index contributed by atoms with van der Waals surface area (Å²) >= 11 is 6.34. The van der Waals surface area contributed by atoms with Crippen LogP contribution in [-0.2, 0) is 0 Å². The third-order valence-corrected chi connectivity index (χ3v) is 5.79. The monoisotopic (exact) mass is 447 g/mol. The minimum Gasteiger partial charge on any atom is -1.00 e. The van der Waals surface area contributed by atoms with Crippen molar-refractivity contribution < 1.29 is 21.2 Å². The zero-order valence-electron chi connectivity index (χ0n) is 16.2. The SMILES string of the molecule is Fc1ccc(-n2c[n+]3ccc4c5ccccc5[nH]c4c3c2-c2cccc(Cl)c2)cc1.[Cl-]. The maximum absolute atomic E-state index is 13.6. The highest BCUT2D eigenvalue weighted by atomic mass is 35.5. The van der Waals surface area contributed by atoms with Gasteiger partial charge in [0, 0.05) is 26.9 Å². The number of aromatic nitrogens is 3. The van der Waals surface area contributed by atoms with E-state index in [4.69, 9.17) is 11.6 Å². The van der Waals surface area contributed by atoms with Gasteiger partial charge >= 0.3 is 0 Å². The summed E-state index contributed by atoms with van der Waals surface area (Å²) in [4.78, 5) is 3.59. The highest BCUT2D eigenvalue weighted by Gasteiger charge is 2.25. The lowest BCUT2D eigenvalue weighted by Crippen LogP contribution is -3.00. The molecule has 0 unspecified atom stereocenters. The van der Waals surface area contributed by atoms with Crippen molar-refractivity contribution in [2.75, 3.05) is 0 Å². The first-order valence-corrected chi connectivity index (χ1v) is 10.0. The normalized spacial score (nSPS) is 11.3. The Hall–Kier alpha value is -3.34. The van der Waals surface area contributed by atoms with Crippen LogP contribution in [0.1, 0.15) is 0 Å². The number of benzene rings is 3. The predicted molar refractivity (Wildman–Crippen MR) is 119 cm³/mol. The minimum absolute atomic E-state index is 0. The number of para-hydroxylation sites is 1. The van der Waals surface area contributed by atoms with Gasteiger partial charge in [0.05, 0.1) is 11.7 Å². The molecule has 0 saturated carbocycles. The van der Waals surface area contributed by atoms with E-state index in [1.165, 1.54) is 17.5 Å². The standard InChI is InChI=1S/C25H16ClFN3.ClH/c26-17-5-3-4-16(14-17)24-25-23-21(20-6-1-2-7-22(20)28-23)12-13-29(25)15-30(24)19-10-8-18(27)9-11-19;/h1-15,28H;1H/q+1;/p-1. The van der Waals surface area contributed by atoms with Crippen LogP contribution in [-0.4, -0.2) is 9.55 Å². The van der Waals surface area contributed by atoms with Crippen LogP contribution in [0.3, 0.4) is 0 Å². The topological polar surface area (TPSA) is 24.8 Å². The molecule has 0 aliphatic rings. The van der Waals surface area contributed by atoms with Crippen LogP contribution in [0, 0.1) is 5.82 Å². The third-order valence-electron chi connectivity index (χ3n) is 5.55. The van der Waals surface area contributed by atoms with E-state index in [9.17, 15) is 4.39 Å². The van der Waals surface area contributed by atoms with Crippen LogP contribution in [0.5, 0.6) is 0 Å². The molecule has 0 aliphatic carbocycles. The zero-order valence-corrected chi connectivity index (χ0v) is 17.7. The summed E-state index contributed by atoms with van der Waals surface area (Å²) in [5.41, 5.74) is 6.03. The van der Waals surface area contributed by atoms with E-state index in [1.807, 2.05) is 36.7 Å². The van der Waals surface area contributed by atoms with Gasteiger partial charge in [0.1, 0.15) is 11.5 Å². The van der Waals surface area contributed by atoms with Crippen molar-refractivity contribution in [1.82, 2.24) is 9.55 Å². The largest absolute Gasteiger partial charge is 1.00 e. The van der Waals surface area contributed by atoms with Crippen molar-refractivity contribution in [3.8, 4) is 16.9 Å². The van der Waals surface area contributed by atoms with E-state index in [0.29, 0.717) is 5.02 Å². The summed E-state index contributed by atoms with van der Waals surface area (Å²) in [6.45, 7) is 0. The van der Waals surface area contributed by atoms with Gasteiger partial charge in [-0.3, -0.25) is 0 Å². The van der Waals surface area contributed by atoms with Crippen LogP contribution in [0.25, 0.3) is 44.3 Å². The Morgan fingerprint density at radius 2 is 1.68 bits per heavy atom.